The van der Waals surface area contributed by atoms with Crippen molar-refractivity contribution in [1.29, 1.82) is 0 Å². The molecule has 5 nitrogen and oxygen atoms in total. The number of nitrogens with one attached hydrogen (secondary N) is 1. The minimum Gasteiger partial charge on any atom is -0.497 e. The fourth-order valence-corrected chi connectivity index (χ4v) is 3.40. The van der Waals surface area contributed by atoms with Crippen LogP contribution in [0.25, 0.3) is 0 Å². The molecule has 1 amide bonds. The highest BCUT2D eigenvalue weighted by molar-refractivity contribution is 6.18. The average molecular weight is 379 g/mol. The number of ether oxygens (including phenoxy) is 1. The van der Waals surface area contributed by atoms with Crippen LogP contribution in [0.15, 0.2) is 34.8 Å². The molecule has 1 aliphatic heterocycles. The molecule has 0 radical (unpaired) electrons. The Morgan fingerprint density at radius 1 is 1.38 bits per heavy atom. The van der Waals surface area contributed by atoms with E-state index in [-0.39, 0.29) is 23.0 Å². The standard InChI is InChI=1S/C20H27ClN2O3/c1-4-7-18-14(3)11-16(20(25)23(18)9-5-2)19(24)22-17(12-21)15-8-6-10-26-13-15/h6,8,10-11,17H,4-5,7,9,12-13H2,1-3H3,(H,22,24)/t17-/m1/s1. The number of carbonyl (C=O) groups excluding carboxylic acids is 1. The van der Waals surface area contributed by atoms with E-state index in [1.165, 1.54) is 0 Å². The number of hydrogen-bond donors (Lipinski definition) is 1. The maximum absolute atomic E-state index is 12.9. The second-order valence-electron chi connectivity index (χ2n) is 6.46. The molecule has 0 aliphatic carbocycles. The van der Waals surface area contributed by atoms with E-state index in [0.717, 1.165) is 36.1 Å². The summed E-state index contributed by atoms with van der Waals surface area (Å²) in [6.07, 6.45) is 7.84. The molecule has 26 heavy (non-hydrogen) atoms. The zero-order valence-corrected chi connectivity index (χ0v) is 16.4. The van der Waals surface area contributed by atoms with Crippen LogP contribution >= 0.6 is 11.6 Å². The molecule has 1 N–H and O–H groups in total. The number of nitrogens with zero attached hydrogens (tertiary/aromatic N) is 1. The number of allylic oxidation sites excluding steroid dienone is 2. The summed E-state index contributed by atoms with van der Waals surface area (Å²) in [6.45, 7) is 7.05. The SMILES string of the molecule is CCCc1c(C)cc(C(=O)N[C@H](CCl)C2=CC=COC2)c(=O)n1CCC. The zero-order chi connectivity index (χ0) is 19.1. The number of alkyl halides is 1. The van der Waals surface area contributed by atoms with Crippen LogP contribution in [0, 0.1) is 6.92 Å². The summed E-state index contributed by atoms with van der Waals surface area (Å²) in [5.74, 6) is -0.183. The van der Waals surface area contributed by atoms with Crippen molar-refractivity contribution in [3.63, 3.8) is 0 Å². The van der Waals surface area contributed by atoms with Gasteiger partial charge in [-0.2, -0.15) is 0 Å². The first-order valence-corrected chi connectivity index (χ1v) is 9.64. The molecule has 1 aromatic heterocycles. The van der Waals surface area contributed by atoms with Crippen LogP contribution < -0.4 is 10.9 Å². The van der Waals surface area contributed by atoms with Gasteiger partial charge in [0.2, 0.25) is 0 Å². The third-order valence-corrected chi connectivity index (χ3v) is 4.75. The molecule has 142 valence electrons. The molecule has 0 fully saturated rings. The Balaban J connectivity index is 2.34. The molecule has 0 unspecified atom stereocenters. The van der Waals surface area contributed by atoms with Gasteiger partial charge in [-0.3, -0.25) is 9.59 Å². The lowest BCUT2D eigenvalue weighted by molar-refractivity contribution is 0.0941. The number of hydrogen-bond acceptors (Lipinski definition) is 3. The van der Waals surface area contributed by atoms with Crippen molar-refractivity contribution >= 4 is 17.5 Å². The van der Waals surface area contributed by atoms with Crippen LogP contribution in [0.1, 0.15) is 48.3 Å². The third-order valence-electron chi connectivity index (χ3n) is 4.44. The van der Waals surface area contributed by atoms with Gasteiger partial charge in [-0.25, -0.2) is 0 Å². The normalized spacial score (nSPS) is 14.5. The summed E-state index contributed by atoms with van der Waals surface area (Å²) in [4.78, 5) is 25.7. The maximum atomic E-state index is 12.9. The predicted molar refractivity (Wildman–Crippen MR) is 105 cm³/mol. The minimum absolute atomic E-state index is 0.166. The summed E-state index contributed by atoms with van der Waals surface area (Å²) in [5.41, 5.74) is 2.79. The number of amides is 1. The third kappa shape index (κ3) is 4.58. The topological polar surface area (TPSA) is 60.3 Å². The van der Waals surface area contributed by atoms with Gasteiger partial charge in [-0.1, -0.05) is 26.3 Å². The Morgan fingerprint density at radius 3 is 2.73 bits per heavy atom. The number of pyridine rings is 1. The predicted octanol–water partition coefficient (Wildman–Crippen LogP) is 3.33. The van der Waals surface area contributed by atoms with E-state index in [4.69, 9.17) is 16.3 Å². The molecule has 2 rings (SSSR count). The van der Waals surface area contributed by atoms with Crippen molar-refractivity contribution in [3.8, 4) is 0 Å². The number of carbonyl (C=O) groups is 1. The quantitative estimate of drug-likeness (QED) is 0.706. The fraction of sp³-hybridized carbons (Fsp3) is 0.500. The van der Waals surface area contributed by atoms with Crippen molar-refractivity contribution in [2.45, 2.75) is 52.6 Å². The molecule has 0 spiro atoms. The summed E-state index contributed by atoms with van der Waals surface area (Å²) >= 11 is 6.03. The van der Waals surface area contributed by atoms with Crippen molar-refractivity contribution in [3.05, 3.63) is 57.2 Å². The Kier molecular flexibility index (Phi) is 7.51. The highest BCUT2D eigenvalue weighted by atomic mass is 35.5. The van der Waals surface area contributed by atoms with Crippen LogP contribution in [-0.2, 0) is 17.7 Å². The molecule has 1 atom stereocenters. The van der Waals surface area contributed by atoms with E-state index in [2.05, 4.69) is 12.2 Å². The van der Waals surface area contributed by atoms with Gasteiger partial charge in [0.1, 0.15) is 12.2 Å². The van der Waals surface area contributed by atoms with Crippen LogP contribution in [0.3, 0.4) is 0 Å². The number of aromatic nitrogens is 1. The second kappa shape index (κ2) is 9.62. The number of aryl methyl sites for hydroxylation is 1. The van der Waals surface area contributed by atoms with E-state index in [1.54, 1.807) is 23.0 Å². The molecule has 0 bridgehead atoms. The highest BCUT2D eigenvalue weighted by Crippen LogP contribution is 2.14. The monoisotopic (exact) mass is 378 g/mol. The van der Waals surface area contributed by atoms with Gasteiger partial charge < -0.3 is 14.6 Å². The molecule has 0 saturated carbocycles. The first-order chi connectivity index (χ1) is 12.5. The van der Waals surface area contributed by atoms with E-state index in [9.17, 15) is 9.59 Å². The fourth-order valence-electron chi connectivity index (χ4n) is 3.13. The van der Waals surface area contributed by atoms with Crippen molar-refractivity contribution in [2.24, 2.45) is 0 Å². The lowest BCUT2D eigenvalue weighted by Crippen LogP contribution is -2.42. The summed E-state index contributed by atoms with van der Waals surface area (Å²) < 4.78 is 7.01. The molecule has 1 aliphatic rings. The van der Waals surface area contributed by atoms with Crippen LogP contribution in [-0.4, -0.2) is 29.0 Å². The van der Waals surface area contributed by atoms with Crippen LogP contribution in [0.5, 0.6) is 0 Å². The van der Waals surface area contributed by atoms with Gasteiger partial charge in [0, 0.05) is 18.1 Å². The van der Waals surface area contributed by atoms with Gasteiger partial charge in [0.05, 0.1) is 12.3 Å². The lowest BCUT2D eigenvalue weighted by Gasteiger charge is -2.22. The lowest BCUT2D eigenvalue weighted by atomic mass is 10.0. The molecule has 2 heterocycles. The summed E-state index contributed by atoms with van der Waals surface area (Å²) in [6, 6.07) is 1.33. The molecule has 0 saturated heterocycles. The van der Waals surface area contributed by atoms with Crippen molar-refractivity contribution in [2.75, 3.05) is 12.5 Å². The number of rotatable bonds is 8. The Morgan fingerprint density at radius 2 is 2.15 bits per heavy atom. The van der Waals surface area contributed by atoms with Gasteiger partial charge >= 0.3 is 0 Å². The average Bonchev–Trinajstić information content (AvgIpc) is 2.65. The molecule has 0 aromatic carbocycles. The van der Waals surface area contributed by atoms with E-state index in [0.29, 0.717) is 13.2 Å². The smallest absolute Gasteiger partial charge is 0.263 e. The largest absolute Gasteiger partial charge is 0.497 e. The maximum Gasteiger partial charge on any atom is 0.263 e. The van der Waals surface area contributed by atoms with Gasteiger partial charge in [0.15, 0.2) is 0 Å². The summed E-state index contributed by atoms with van der Waals surface area (Å²) in [7, 11) is 0. The van der Waals surface area contributed by atoms with Crippen molar-refractivity contribution in [1.82, 2.24) is 9.88 Å². The molecular formula is C20H27ClN2O3. The minimum atomic E-state index is -0.396. The molecule has 6 heteroatoms. The number of halogens is 1. The second-order valence-corrected chi connectivity index (χ2v) is 6.76. The van der Waals surface area contributed by atoms with Crippen LogP contribution in [0.4, 0.5) is 0 Å². The highest BCUT2D eigenvalue weighted by Gasteiger charge is 2.22. The Labute approximate surface area is 159 Å². The van der Waals surface area contributed by atoms with Crippen molar-refractivity contribution < 1.29 is 9.53 Å². The van der Waals surface area contributed by atoms with Crippen LogP contribution in [0.2, 0.25) is 0 Å². The Hall–Kier alpha value is -2.01. The van der Waals surface area contributed by atoms with Gasteiger partial charge in [0.25, 0.3) is 11.5 Å². The molecule has 1 aromatic rings. The van der Waals surface area contributed by atoms with E-state index < -0.39 is 5.91 Å². The first kappa shape index (κ1) is 20.3. The molecular weight excluding hydrogens is 352 g/mol. The Bertz CT molecular complexity index is 765. The van der Waals surface area contributed by atoms with Gasteiger partial charge in [-0.15, -0.1) is 11.6 Å². The van der Waals surface area contributed by atoms with E-state index >= 15 is 0 Å². The zero-order valence-electron chi connectivity index (χ0n) is 15.7. The summed E-state index contributed by atoms with van der Waals surface area (Å²) in [5, 5.41) is 2.88. The first-order valence-electron chi connectivity index (χ1n) is 9.10. The van der Waals surface area contributed by atoms with Gasteiger partial charge in [-0.05, 0) is 43.0 Å². The van der Waals surface area contributed by atoms with E-state index in [1.807, 2.05) is 19.9 Å².